The summed E-state index contributed by atoms with van der Waals surface area (Å²) >= 11 is 0. The summed E-state index contributed by atoms with van der Waals surface area (Å²) < 4.78 is 10.4. The maximum Gasteiger partial charge on any atom is 0.251 e. The molecule has 0 bridgehead atoms. The monoisotopic (exact) mass is 384 g/mol. The normalized spacial score (nSPS) is 10.5. The fraction of sp³-hybridized carbons (Fsp3) is 0.364. The second kappa shape index (κ2) is 9.78. The number of amides is 2. The molecule has 0 saturated carbocycles. The Labute approximate surface area is 166 Å². The highest BCUT2D eigenvalue weighted by atomic mass is 16.5. The van der Waals surface area contributed by atoms with Gasteiger partial charge >= 0.3 is 0 Å². The van der Waals surface area contributed by atoms with Gasteiger partial charge in [-0.2, -0.15) is 0 Å². The zero-order chi connectivity index (χ0) is 20.7. The van der Waals surface area contributed by atoms with Crippen molar-refractivity contribution in [1.29, 1.82) is 0 Å². The maximum absolute atomic E-state index is 12.5. The zero-order valence-corrected chi connectivity index (χ0v) is 17.1. The SMILES string of the molecule is COc1cc(OC)cc(C(=O)NCCN(C(C)=O)c2ccccc2C(C)C)c1. The summed E-state index contributed by atoms with van der Waals surface area (Å²) in [6.45, 7) is 6.42. The van der Waals surface area contributed by atoms with Gasteiger partial charge in [-0.1, -0.05) is 32.0 Å². The van der Waals surface area contributed by atoms with Crippen LogP contribution >= 0.6 is 0 Å². The average molecular weight is 384 g/mol. The molecule has 0 aliphatic carbocycles. The van der Waals surface area contributed by atoms with E-state index in [0.717, 1.165) is 11.3 Å². The van der Waals surface area contributed by atoms with Crippen LogP contribution in [-0.2, 0) is 4.79 Å². The molecular formula is C22H28N2O4. The van der Waals surface area contributed by atoms with E-state index in [-0.39, 0.29) is 17.7 Å². The third kappa shape index (κ3) is 5.25. The van der Waals surface area contributed by atoms with E-state index in [0.29, 0.717) is 30.2 Å². The summed E-state index contributed by atoms with van der Waals surface area (Å²) in [7, 11) is 3.07. The molecule has 6 heteroatoms. The molecule has 0 heterocycles. The lowest BCUT2D eigenvalue weighted by atomic mass is 10.0. The summed E-state index contributed by atoms with van der Waals surface area (Å²) in [4.78, 5) is 26.4. The van der Waals surface area contributed by atoms with Gasteiger partial charge in [0, 0.05) is 37.3 Å². The van der Waals surface area contributed by atoms with Crippen LogP contribution in [0.15, 0.2) is 42.5 Å². The Morgan fingerprint density at radius 2 is 1.64 bits per heavy atom. The van der Waals surface area contributed by atoms with Gasteiger partial charge in [0.05, 0.1) is 14.2 Å². The molecule has 0 aliphatic rings. The van der Waals surface area contributed by atoms with Crippen LogP contribution in [0.1, 0.15) is 42.6 Å². The summed E-state index contributed by atoms with van der Waals surface area (Å²) in [5.74, 6) is 1.06. The number of hydrogen-bond donors (Lipinski definition) is 1. The van der Waals surface area contributed by atoms with Crippen molar-refractivity contribution in [2.75, 3.05) is 32.2 Å². The van der Waals surface area contributed by atoms with Crippen LogP contribution in [0, 0.1) is 0 Å². The number of benzene rings is 2. The minimum Gasteiger partial charge on any atom is -0.497 e. The number of nitrogens with zero attached hydrogens (tertiary/aromatic N) is 1. The highest BCUT2D eigenvalue weighted by molar-refractivity contribution is 5.95. The largest absolute Gasteiger partial charge is 0.497 e. The number of carbonyl (C=O) groups excluding carboxylic acids is 2. The van der Waals surface area contributed by atoms with Crippen molar-refractivity contribution >= 4 is 17.5 Å². The van der Waals surface area contributed by atoms with Crippen molar-refractivity contribution in [2.45, 2.75) is 26.7 Å². The average Bonchev–Trinajstić information content (AvgIpc) is 2.70. The summed E-state index contributed by atoms with van der Waals surface area (Å²) in [6.07, 6.45) is 0. The first-order chi connectivity index (χ1) is 13.4. The molecule has 2 aromatic rings. The number of anilines is 1. The maximum atomic E-state index is 12.5. The third-order valence-electron chi connectivity index (χ3n) is 4.46. The first-order valence-electron chi connectivity index (χ1n) is 9.25. The molecule has 0 spiro atoms. The van der Waals surface area contributed by atoms with Gasteiger partial charge in [0.2, 0.25) is 5.91 Å². The Morgan fingerprint density at radius 3 is 2.18 bits per heavy atom. The smallest absolute Gasteiger partial charge is 0.251 e. The van der Waals surface area contributed by atoms with Gasteiger partial charge in [-0.05, 0) is 29.7 Å². The number of para-hydroxylation sites is 1. The number of rotatable bonds is 8. The molecule has 2 amide bonds. The van der Waals surface area contributed by atoms with Crippen LogP contribution in [0.4, 0.5) is 5.69 Å². The minimum atomic E-state index is -0.252. The summed E-state index contributed by atoms with van der Waals surface area (Å²) in [5, 5.41) is 2.86. The number of nitrogens with one attached hydrogen (secondary N) is 1. The van der Waals surface area contributed by atoms with E-state index in [9.17, 15) is 9.59 Å². The second-order valence-corrected chi connectivity index (χ2v) is 6.74. The Morgan fingerprint density at radius 1 is 1.04 bits per heavy atom. The molecule has 0 unspecified atom stereocenters. The van der Waals surface area contributed by atoms with E-state index in [1.165, 1.54) is 21.1 Å². The van der Waals surface area contributed by atoms with Crippen LogP contribution in [0.25, 0.3) is 0 Å². The molecule has 0 atom stereocenters. The highest BCUT2D eigenvalue weighted by Crippen LogP contribution is 2.27. The molecule has 0 fully saturated rings. The molecule has 1 N–H and O–H groups in total. The van der Waals surface area contributed by atoms with Crippen molar-refractivity contribution in [2.24, 2.45) is 0 Å². The van der Waals surface area contributed by atoms with Gasteiger partial charge in [0.15, 0.2) is 0 Å². The predicted octanol–water partition coefficient (Wildman–Crippen LogP) is 3.61. The molecule has 6 nitrogen and oxygen atoms in total. The lowest BCUT2D eigenvalue weighted by Gasteiger charge is -2.25. The number of ether oxygens (including phenoxy) is 2. The standard InChI is InChI=1S/C22H28N2O4/c1-15(2)20-8-6-7-9-21(20)24(16(3)25)11-10-23-22(26)17-12-18(27-4)14-19(13-17)28-5/h6-9,12-15H,10-11H2,1-5H3,(H,23,26). The first kappa shape index (κ1) is 21.3. The molecule has 28 heavy (non-hydrogen) atoms. The minimum absolute atomic E-state index is 0.0644. The fourth-order valence-corrected chi connectivity index (χ4v) is 2.99. The molecule has 2 aromatic carbocycles. The van der Waals surface area contributed by atoms with Gasteiger partial charge in [-0.3, -0.25) is 9.59 Å². The van der Waals surface area contributed by atoms with Gasteiger partial charge in [-0.15, -0.1) is 0 Å². The van der Waals surface area contributed by atoms with Gasteiger partial charge in [-0.25, -0.2) is 0 Å². The van der Waals surface area contributed by atoms with Crippen LogP contribution < -0.4 is 19.7 Å². The zero-order valence-electron chi connectivity index (χ0n) is 17.1. The number of hydrogen-bond acceptors (Lipinski definition) is 4. The van der Waals surface area contributed by atoms with Crippen molar-refractivity contribution in [3.8, 4) is 11.5 Å². The molecule has 150 valence electrons. The van der Waals surface area contributed by atoms with E-state index in [2.05, 4.69) is 19.2 Å². The van der Waals surface area contributed by atoms with E-state index in [4.69, 9.17) is 9.47 Å². The number of carbonyl (C=O) groups is 2. The Kier molecular flexibility index (Phi) is 7.44. The van der Waals surface area contributed by atoms with Crippen LogP contribution in [-0.4, -0.2) is 39.1 Å². The third-order valence-corrected chi connectivity index (χ3v) is 4.46. The van der Waals surface area contributed by atoms with Gasteiger partial charge < -0.3 is 19.7 Å². The Bertz CT molecular complexity index is 811. The molecule has 0 saturated heterocycles. The van der Waals surface area contributed by atoms with Gasteiger partial charge in [0.1, 0.15) is 11.5 Å². The highest BCUT2D eigenvalue weighted by Gasteiger charge is 2.17. The van der Waals surface area contributed by atoms with Crippen LogP contribution in [0.3, 0.4) is 0 Å². The van der Waals surface area contributed by atoms with E-state index in [1.807, 2.05) is 24.3 Å². The van der Waals surface area contributed by atoms with Crippen LogP contribution in [0.2, 0.25) is 0 Å². The van der Waals surface area contributed by atoms with Crippen molar-refractivity contribution in [3.05, 3.63) is 53.6 Å². The van der Waals surface area contributed by atoms with Crippen LogP contribution in [0.5, 0.6) is 11.5 Å². The van der Waals surface area contributed by atoms with Gasteiger partial charge in [0.25, 0.3) is 5.91 Å². The Balaban J connectivity index is 2.10. The van der Waals surface area contributed by atoms with E-state index < -0.39 is 0 Å². The lowest BCUT2D eigenvalue weighted by Crippen LogP contribution is -2.38. The predicted molar refractivity (Wildman–Crippen MR) is 110 cm³/mol. The molecular weight excluding hydrogens is 356 g/mol. The first-order valence-corrected chi connectivity index (χ1v) is 9.25. The summed E-state index contributed by atoms with van der Waals surface area (Å²) in [6, 6.07) is 12.8. The Hall–Kier alpha value is -3.02. The van der Waals surface area contributed by atoms with Crippen molar-refractivity contribution < 1.29 is 19.1 Å². The summed E-state index contributed by atoms with van der Waals surface area (Å²) in [5.41, 5.74) is 2.41. The van der Waals surface area contributed by atoms with Crippen molar-refractivity contribution in [1.82, 2.24) is 5.32 Å². The quantitative estimate of drug-likeness (QED) is 0.755. The molecule has 2 rings (SSSR count). The second-order valence-electron chi connectivity index (χ2n) is 6.74. The topological polar surface area (TPSA) is 67.9 Å². The molecule has 0 radical (unpaired) electrons. The number of methoxy groups -OCH3 is 2. The van der Waals surface area contributed by atoms with Crippen molar-refractivity contribution in [3.63, 3.8) is 0 Å². The van der Waals surface area contributed by atoms with E-state index >= 15 is 0 Å². The molecule has 0 aromatic heterocycles. The molecule has 0 aliphatic heterocycles. The lowest BCUT2D eigenvalue weighted by molar-refractivity contribution is -0.116. The van der Waals surface area contributed by atoms with E-state index in [1.54, 1.807) is 23.1 Å². The fourth-order valence-electron chi connectivity index (χ4n) is 2.99.